The Morgan fingerprint density at radius 2 is 1.85 bits per heavy atom. The fourth-order valence-corrected chi connectivity index (χ4v) is 2.19. The van der Waals surface area contributed by atoms with Gasteiger partial charge in [0.15, 0.2) is 6.29 Å². The quantitative estimate of drug-likeness (QED) is 0.708. The molecule has 0 aliphatic heterocycles. The van der Waals surface area contributed by atoms with Gasteiger partial charge in [0.1, 0.15) is 11.5 Å². The molecule has 0 atom stereocenters. The summed E-state index contributed by atoms with van der Waals surface area (Å²) >= 11 is 3.39. The van der Waals surface area contributed by atoms with Crippen LogP contribution in [-0.2, 0) is 5.41 Å². The molecule has 0 spiro atoms. The number of rotatable bonds is 3. The summed E-state index contributed by atoms with van der Waals surface area (Å²) in [7, 11) is 0. The molecule has 3 heteroatoms. The minimum Gasteiger partial charge on any atom is -0.457 e. The van der Waals surface area contributed by atoms with E-state index in [1.165, 1.54) is 5.56 Å². The van der Waals surface area contributed by atoms with Crippen molar-refractivity contribution in [2.45, 2.75) is 26.2 Å². The SMILES string of the molecule is CC(C)(C)c1cccc(Oc2cc(Br)ccc2C=O)c1. The highest BCUT2D eigenvalue weighted by Crippen LogP contribution is 2.31. The average molecular weight is 333 g/mol. The van der Waals surface area contributed by atoms with E-state index in [-0.39, 0.29) is 5.41 Å². The Morgan fingerprint density at radius 3 is 2.50 bits per heavy atom. The highest BCUT2D eigenvalue weighted by molar-refractivity contribution is 9.10. The van der Waals surface area contributed by atoms with Crippen LogP contribution in [0.1, 0.15) is 36.7 Å². The number of hydrogen-bond donors (Lipinski definition) is 0. The molecule has 2 aromatic carbocycles. The zero-order valence-electron chi connectivity index (χ0n) is 11.8. The number of carbonyl (C=O) groups excluding carboxylic acids is 1. The van der Waals surface area contributed by atoms with Crippen molar-refractivity contribution in [1.82, 2.24) is 0 Å². The molecule has 0 saturated heterocycles. The maximum absolute atomic E-state index is 11.1. The largest absolute Gasteiger partial charge is 0.457 e. The van der Waals surface area contributed by atoms with Gasteiger partial charge >= 0.3 is 0 Å². The van der Waals surface area contributed by atoms with E-state index >= 15 is 0 Å². The van der Waals surface area contributed by atoms with Gasteiger partial charge < -0.3 is 4.74 Å². The lowest BCUT2D eigenvalue weighted by Crippen LogP contribution is -2.10. The first kappa shape index (κ1) is 14.8. The Hall–Kier alpha value is -1.61. The number of halogens is 1. The monoisotopic (exact) mass is 332 g/mol. The third-order valence-corrected chi connectivity index (χ3v) is 3.52. The first-order valence-corrected chi connectivity index (χ1v) is 7.22. The molecule has 0 aromatic heterocycles. The number of ether oxygens (including phenoxy) is 1. The molecule has 0 saturated carbocycles. The van der Waals surface area contributed by atoms with Crippen LogP contribution in [-0.4, -0.2) is 6.29 Å². The van der Waals surface area contributed by atoms with Crippen LogP contribution < -0.4 is 4.74 Å². The maximum atomic E-state index is 11.1. The van der Waals surface area contributed by atoms with Gasteiger partial charge in [-0.25, -0.2) is 0 Å². The van der Waals surface area contributed by atoms with Crippen molar-refractivity contribution in [2.75, 3.05) is 0 Å². The molecule has 0 radical (unpaired) electrons. The first-order valence-electron chi connectivity index (χ1n) is 6.43. The minimum absolute atomic E-state index is 0.0597. The summed E-state index contributed by atoms with van der Waals surface area (Å²) < 4.78 is 6.74. The fraction of sp³-hybridized carbons (Fsp3) is 0.235. The highest BCUT2D eigenvalue weighted by atomic mass is 79.9. The molecule has 0 fully saturated rings. The van der Waals surface area contributed by atoms with Crippen molar-refractivity contribution in [3.8, 4) is 11.5 Å². The molecule has 2 nitrogen and oxygen atoms in total. The molecule has 0 amide bonds. The Labute approximate surface area is 127 Å². The van der Waals surface area contributed by atoms with E-state index in [4.69, 9.17) is 4.74 Å². The van der Waals surface area contributed by atoms with E-state index in [1.54, 1.807) is 12.1 Å². The highest BCUT2D eigenvalue weighted by Gasteiger charge is 2.14. The number of hydrogen-bond acceptors (Lipinski definition) is 2. The van der Waals surface area contributed by atoms with Crippen LogP contribution in [0.2, 0.25) is 0 Å². The van der Waals surface area contributed by atoms with Gasteiger partial charge in [-0.3, -0.25) is 4.79 Å². The Kier molecular flexibility index (Phi) is 4.29. The van der Waals surface area contributed by atoms with Gasteiger partial charge in [-0.05, 0) is 41.3 Å². The normalized spacial score (nSPS) is 11.2. The van der Waals surface area contributed by atoms with Crippen molar-refractivity contribution >= 4 is 22.2 Å². The molecule has 0 bridgehead atoms. The lowest BCUT2D eigenvalue weighted by atomic mass is 9.87. The van der Waals surface area contributed by atoms with Crippen LogP contribution in [0.4, 0.5) is 0 Å². The predicted molar refractivity (Wildman–Crippen MR) is 84.7 cm³/mol. The summed E-state index contributed by atoms with van der Waals surface area (Å²) in [6, 6.07) is 13.3. The fourth-order valence-electron chi connectivity index (χ4n) is 1.85. The Balaban J connectivity index is 2.35. The van der Waals surface area contributed by atoms with Gasteiger partial charge in [0.05, 0.1) is 5.56 Å². The smallest absolute Gasteiger partial charge is 0.153 e. The van der Waals surface area contributed by atoms with E-state index in [0.29, 0.717) is 11.3 Å². The van der Waals surface area contributed by atoms with Gasteiger partial charge in [0.25, 0.3) is 0 Å². The van der Waals surface area contributed by atoms with Crippen molar-refractivity contribution in [1.29, 1.82) is 0 Å². The van der Waals surface area contributed by atoms with Gasteiger partial charge in [-0.1, -0.05) is 48.8 Å². The second-order valence-corrected chi connectivity index (χ2v) is 6.60. The third kappa shape index (κ3) is 3.48. The van der Waals surface area contributed by atoms with Crippen LogP contribution >= 0.6 is 15.9 Å². The predicted octanol–water partition coefficient (Wildman–Crippen LogP) is 5.35. The summed E-state index contributed by atoms with van der Waals surface area (Å²) in [5.74, 6) is 1.29. The maximum Gasteiger partial charge on any atom is 0.153 e. The van der Waals surface area contributed by atoms with Crippen molar-refractivity contribution in [3.05, 3.63) is 58.1 Å². The second-order valence-electron chi connectivity index (χ2n) is 5.68. The molecule has 20 heavy (non-hydrogen) atoms. The second kappa shape index (κ2) is 5.80. The Bertz CT molecular complexity index is 627. The summed E-state index contributed by atoms with van der Waals surface area (Å²) in [5.41, 5.74) is 1.79. The number of benzene rings is 2. The van der Waals surface area contributed by atoms with Crippen LogP contribution in [0.3, 0.4) is 0 Å². The Morgan fingerprint density at radius 1 is 1.10 bits per heavy atom. The third-order valence-electron chi connectivity index (χ3n) is 3.03. The average Bonchev–Trinajstić information content (AvgIpc) is 2.38. The lowest BCUT2D eigenvalue weighted by molar-refractivity contribution is 0.112. The zero-order valence-corrected chi connectivity index (χ0v) is 13.4. The van der Waals surface area contributed by atoms with Crippen LogP contribution in [0, 0.1) is 0 Å². The van der Waals surface area contributed by atoms with E-state index < -0.39 is 0 Å². The number of aldehydes is 1. The molecule has 2 aromatic rings. The van der Waals surface area contributed by atoms with Crippen molar-refractivity contribution < 1.29 is 9.53 Å². The van der Waals surface area contributed by atoms with Crippen molar-refractivity contribution in [3.63, 3.8) is 0 Å². The summed E-state index contributed by atoms with van der Waals surface area (Å²) in [6.07, 6.45) is 0.801. The molecule has 0 aliphatic rings. The van der Waals surface area contributed by atoms with Crippen LogP contribution in [0.5, 0.6) is 11.5 Å². The summed E-state index contributed by atoms with van der Waals surface area (Å²) in [4.78, 5) is 11.1. The topological polar surface area (TPSA) is 26.3 Å². The minimum atomic E-state index is 0.0597. The number of carbonyl (C=O) groups is 1. The summed E-state index contributed by atoms with van der Waals surface area (Å²) in [6.45, 7) is 6.46. The van der Waals surface area contributed by atoms with E-state index in [9.17, 15) is 4.79 Å². The summed E-state index contributed by atoms with van der Waals surface area (Å²) in [5, 5.41) is 0. The van der Waals surface area contributed by atoms with Gasteiger partial charge in [0.2, 0.25) is 0 Å². The lowest BCUT2D eigenvalue weighted by Gasteiger charge is -2.20. The van der Waals surface area contributed by atoms with E-state index in [1.807, 2.05) is 24.3 Å². The molecule has 2 rings (SSSR count). The zero-order chi connectivity index (χ0) is 14.8. The van der Waals surface area contributed by atoms with Crippen LogP contribution in [0.25, 0.3) is 0 Å². The molecule has 104 valence electrons. The van der Waals surface area contributed by atoms with Crippen LogP contribution in [0.15, 0.2) is 46.9 Å². The molecule has 0 aliphatic carbocycles. The molecular formula is C17H17BrO2. The molecule has 0 unspecified atom stereocenters. The van der Waals surface area contributed by atoms with Crippen molar-refractivity contribution in [2.24, 2.45) is 0 Å². The van der Waals surface area contributed by atoms with E-state index in [0.717, 1.165) is 16.5 Å². The molecular weight excluding hydrogens is 316 g/mol. The van der Waals surface area contributed by atoms with Gasteiger partial charge in [-0.2, -0.15) is 0 Å². The van der Waals surface area contributed by atoms with E-state index in [2.05, 4.69) is 42.8 Å². The molecule has 0 N–H and O–H groups in total. The standard InChI is InChI=1S/C17H17BrO2/c1-17(2,3)13-5-4-6-15(9-13)20-16-10-14(18)8-7-12(16)11-19/h4-11H,1-3H3. The molecule has 0 heterocycles. The van der Waals surface area contributed by atoms with Gasteiger partial charge in [0, 0.05) is 4.47 Å². The van der Waals surface area contributed by atoms with Gasteiger partial charge in [-0.15, -0.1) is 0 Å². The first-order chi connectivity index (χ1) is 9.40.